The Morgan fingerprint density at radius 3 is 2.27 bits per heavy atom. The zero-order valence-corrected chi connectivity index (χ0v) is 47.6. The number of hydrogen-bond donors (Lipinski definition) is 5. The molecule has 19 heteroatoms. The number of aromatic nitrogens is 3. The summed E-state index contributed by atoms with van der Waals surface area (Å²) >= 11 is 8.06. The van der Waals surface area contributed by atoms with Crippen LogP contribution in [-0.4, -0.2) is 112 Å². The van der Waals surface area contributed by atoms with Gasteiger partial charge in [-0.05, 0) is 105 Å². The number of likely N-dealkylation sites (N-methyl/N-ethyl adjacent to an activating group) is 1. The van der Waals surface area contributed by atoms with Gasteiger partial charge in [-0.2, -0.15) is 4.98 Å². The maximum absolute atomic E-state index is 14.1. The Kier molecular flexibility index (Phi) is 20.4. The number of halogens is 1. The third kappa shape index (κ3) is 16.1. The average molecular weight is 1080 g/mol. The number of carbonyl (C=O) groups excluding carboxylic acids is 4. The summed E-state index contributed by atoms with van der Waals surface area (Å²) in [4.78, 5) is 71.8. The molecule has 2 aromatic heterocycles. The maximum atomic E-state index is 14.1. The minimum atomic E-state index is -2.58. The Morgan fingerprint density at radius 2 is 1.61 bits per heavy atom. The highest BCUT2D eigenvalue weighted by atomic mass is 35.5. The number of para-hydroxylation sites is 1. The van der Waals surface area contributed by atoms with Gasteiger partial charge in [-0.1, -0.05) is 94.5 Å². The molecule has 0 radical (unpaired) electrons. The smallest absolute Gasteiger partial charge is 0.246 e. The van der Waals surface area contributed by atoms with Crippen LogP contribution >= 0.6 is 30.1 Å². The number of benzene rings is 3. The Bertz CT molecular complexity index is 2830. The molecule has 404 valence electrons. The molecule has 3 heterocycles. The van der Waals surface area contributed by atoms with Crippen molar-refractivity contribution in [3.8, 4) is 16.2 Å². The van der Waals surface area contributed by atoms with Crippen molar-refractivity contribution in [2.75, 3.05) is 51.2 Å². The van der Waals surface area contributed by atoms with Gasteiger partial charge in [0, 0.05) is 44.7 Å². The van der Waals surface area contributed by atoms with E-state index in [2.05, 4.69) is 36.2 Å². The van der Waals surface area contributed by atoms with Gasteiger partial charge in [0.25, 0.3) is 0 Å². The number of β-amino-alcohol motifs (C(OH)–C–C–N with tert-alkyl or cyclic N) is 1. The highest BCUT2D eigenvalue weighted by Gasteiger charge is 2.44. The van der Waals surface area contributed by atoms with E-state index in [-0.39, 0.29) is 49.1 Å². The molecule has 1 fully saturated rings. The van der Waals surface area contributed by atoms with Crippen molar-refractivity contribution in [1.82, 2.24) is 35.4 Å². The van der Waals surface area contributed by atoms with Crippen LogP contribution in [0, 0.1) is 19.3 Å². The van der Waals surface area contributed by atoms with Crippen molar-refractivity contribution in [3.63, 3.8) is 0 Å². The monoisotopic (exact) mass is 1080 g/mol. The molecule has 0 spiro atoms. The van der Waals surface area contributed by atoms with E-state index in [0.717, 1.165) is 64.9 Å². The van der Waals surface area contributed by atoms with Crippen molar-refractivity contribution >= 4 is 82.2 Å². The van der Waals surface area contributed by atoms with Crippen molar-refractivity contribution in [1.29, 1.82) is 0 Å². The molecule has 4 atom stereocenters. The first-order valence-corrected chi connectivity index (χ1v) is 29.6. The van der Waals surface area contributed by atoms with Crippen LogP contribution in [0.15, 0.2) is 72.4 Å². The normalized spacial score (nSPS) is 15.5. The standard InChI is InChI=1S/C56H75ClN9O7PS/c1-35-29-44(62-55-58-32-42(57)52(64-55)61-43-19-17-18-20-47(43)74(9,10)72)46(73-8)30-40(35)27-28-65(7)49(69)22-16-14-12-11-13-15-21-48(68)63-51(56(4,5)6)54(71)66-33-41(67)31-45(66)53(70)60-36(2)38-23-25-39(26-24-38)50-37(3)59-34-75-50/h17-20,23-26,29-30,32,34,36,41,45,51,67H,11-16,21-22,27-28,31,33H2,1-10H3,(H,60,70)(H,63,68)(H2,58,61,62,64)/t36-,41+,45+,51+/m0/s1. The number of anilines is 4. The fourth-order valence-electron chi connectivity index (χ4n) is 9.20. The lowest BCUT2D eigenvalue weighted by atomic mass is 9.85. The minimum absolute atomic E-state index is 0.00849. The Balaban J connectivity index is 0.894. The number of aryl methyl sites for hydroxylation is 2. The fourth-order valence-corrected chi connectivity index (χ4v) is 11.3. The van der Waals surface area contributed by atoms with E-state index >= 15 is 0 Å². The van der Waals surface area contributed by atoms with Crippen LogP contribution in [0.4, 0.5) is 23.1 Å². The lowest BCUT2D eigenvalue weighted by Crippen LogP contribution is -2.57. The predicted octanol–water partition coefficient (Wildman–Crippen LogP) is 10.1. The molecule has 4 amide bonds. The number of amides is 4. The summed E-state index contributed by atoms with van der Waals surface area (Å²) in [5, 5.41) is 24.2. The van der Waals surface area contributed by atoms with Crippen molar-refractivity contribution < 1.29 is 33.6 Å². The van der Waals surface area contributed by atoms with E-state index in [9.17, 15) is 28.8 Å². The number of likely N-dealkylation sites (tertiary alicyclic amines) is 1. The molecule has 0 bridgehead atoms. The van der Waals surface area contributed by atoms with E-state index in [1.165, 1.54) is 11.1 Å². The van der Waals surface area contributed by atoms with Crippen LogP contribution in [0.1, 0.15) is 114 Å². The van der Waals surface area contributed by atoms with Gasteiger partial charge in [0.1, 0.15) is 30.0 Å². The number of nitrogens with one attached hydrogen (secondary N) is 4. The summed E-state index contributed by atoms with van der Waals surface area (Å²) in [6, 6.07) is 17.2. The Labute approximate surface area is 451 Å². The molecule has 16 nitrogen and oxygen atoms in total. The zero-order chi connectivity index (χ0) is 54.6. The van der Waals surface area contributed by atoms with Gasteiger partial charge in [0.05, 0.1) is 52.9 Å². The van der Waals surface area contributed by atoms with E-state index in [1.54, 1.807) is 36.7 Å². The van der Waals surface area contributed by atoms with Gasteiger partial charge in [0.15, 0.2) is 5.82 Å². The first kappa shape index (κ1) is 58.4. The number of unbranched alkanes of at least 4 members (excludes halogenated alkanes) is 5. The first-order valence-electron chi connectivity index (χ1n) is 25.7. The van der Waals surface area contributed by atoms with Gasteiger partial charge in [-0.25, -0.2) is 9.97 Å². The minimum Gasteiger partial charge on any atom is -0.495 e. The lowest BCUT2D eigenvalue weighted by Gasteiger charge is -2.35. The van der Waals surface area contributed by atoms with Gasteiger partial charge in [0.2, 0.25) is 29.6 Å². The van der Waals surface area contributed by atoms with E-state index in [0.29, 0.717) is 65.0 Å². The highest BCUT2D eigenvalue weighted by molar-refractivity contribution is 7.70. The first-order chi connectivity index (χ1) is 35.5. The van der Waals surface area contributed by atoms with E-state index in [4.69, 9.17) is 16.3 Å². The van der Waals surface area contributed by atoms with Crippen LogP contribution in [-0.2, 0) is 30.2 Å². The highest BCUT2D eigenvalue weighted by Crippen LogP contribution is 2.39. The van der Waals surface area contributed by atoms with Crippen LogP contribution in [0.5, 0.6) is 5.75 Å². The molecule has 5 aromatic rings. The maximum Gasteiger partial charge on any atom is 0.246 e. The SMILES string of the molecule is COc1cc(CCN(C)C(=O)CCCCCCCCC(=O)N[C@H](C(=O)N2C[C@H](O)C[C@@H]2C(=O)N[C@@H](C)c2ccc(-c3scnc3C)cc2)C(C)(C)C)c(C)cc1Nc1ncc(Cl)c(Nc2ccccc2P(C)(C)=O)n1. The van der Waals surface area contributed by atoms with Crippen molar-refractivity contribution in [2.24, 2.45) is 5.41 Å². The third-order valence-corrected chi connectivity index (χ3v) is 16.4. The number of thiazole rings is 1. The fraction of sp³-hybridized carbons (Fsp3) is 0.482. The summed E-state index contributed by atoms with van der Waals surface area (Å²) in [7, 11) is 0.839. The Hall–Kier alpha value is -5.87. The topological polar surface area (TPSA) is 208 Å². The molecule has 1 aliphatic heterocycles. The van der Waals surface area contributed by atoms with Crippen LogP contribution < -0.4 is 31.3 Å². The molecule has 6 rings (SSSR count). The molecule has 5 N–H and O–H groups in total. The second-order valence-corrected chi connectivity index (χ2v) is 25.5. The molecule has 0 unspecified atom stereocenters. The van der Waals surface area contributed by atoms with Gasteiger partial charge < -0.3 is 45.5 Å². The molecular formula is C56H75ClN9O7PS. The van der Waals surface area contributed by atoms with Gasteiger partial charge in [-0.15, -0.1) is 11.3 Å². The second-order valence-electron chi connectivity index (χ2n) is 21.1. The van der Waals surface area contributed by atoms with Gasteiger partial charge in [-0.3, -0.25) is 19.2 Å². The van der Waals surface area contributed by atoms with Gasteiger partial charge >= 0.3 is 0 Å². The molecule has 0 saturated carbocycles. The number of hydrogen-bond acceptors (Lipinski definition) is 13. The van der Waals surface area contributed by atoms with Crippen molar-refractivity contribution in [3.05, 3.63) is 99.8 Å². The largest absolute Gasteiger partial charge is 0.495 e. The van der Waals surface area contributed by atoms with E-state index < -0.39 is 30.7 Å². The summed E-state index contributed by atoms with van der Waals surface area (Å²) in [5.74, 6) is 0.364. The number of ether oxygens (including phenoxy) is 1. The summed E-state index contributed by atoms with van der Waals surface area (Å²) in [6.45, 7) is 15.5. The number of aliphatic hydroxyl groups is 1. The quantitative estimate of drug-likeness (QED) is 0.0289. The molecular weight excluding hydrogens is 1010 g/mol. The molecule has 3 aromatic carbocycles. The number of rotatable bonds is 24. The zero-order valence-electron chi connectivity index (χ0n) is 45.1. The summed E-state index contributed by atoms with van der Waals surface area (Å²) < 4.78 is 18.7. The molecule has 1 aliphatic rings. The predicted molar refractivity (Wildman–Crippen MR) is 302 cm³/mol. The van der Waals surface area contributed by atoms with Crippen LogP contribution in [0.2, 0.25) is 5.02 Å². The molecule has 1 saturated heterocycles. The summed E-state index contributed by atoms with van der Waals surface area (Å²) in [5.41, 5.74) is 7.46. The second kappa shape index (κ2) is 26.3. The third-order valence-electron chi connectivity index (χ3n) is 13.6. The number of nitrogens with zero attached hydrogens (tertiary/aromatic N) is 5. The Morgan fingerprint density at radius 1 is 0.933 bits per heavy atom. The number of aliphatic hydroxyl groups excluding tert-OH is 1. The number of methoxy groups -OCH3 is 1. The average Bonchev–Trinajstić information content (AvgIpc) is 3.98. The number of carbonyl (C=O) groups is 4. The lowest BCUT2D eigenvalue weighted by molar-refractivity contribution is -0.144. The van der Waals surface area contributed by atoms with E-state index in [1.807, 2.05) is 115 Å². The van der Waals surface area contributed by atoms with Crippen LogP contribution in [0.25, 0.3) is 10.4 Å². The van der Waals surface area contributed by atoms with Crippen molar-refractivity contribution in [2.45, 2.75) is 130 Å². The summed E-state index contributed by atoms with van der Waals surface area (Å²) in [6.07, 6.45) is 7.10. The van der Waals surface area contributed by atoms with Crippen LogP contribution in [0.3, 0.4) is 0 Å². The molecule has 0 aliphatic carbocycles. The molecule has 75 heavy (non-hydrogen) atoms.